The van der Waals surface area contributed by atoms with Gasteiger partial charge in [0.15, 0.2) is 0 Å². The SMILES string of the molecule is CCCC1(C)C[C@@H](C(=O)O)N(C(=O)OC(C)(C)C)C1. The van der Waals surface area contributed by atoms with Gasteiger partial charge in [0.25, 0.3) is 0 Å². The van der Waals surface area contributed by atoms with Gasteiger partial charge in [-0.05, 0) is 39.0 Å². The quantitative estimate of drug-likeness (QED) is 0.857. The lowest BCUT2D eigenvalue weighted by atomic mass is 9.83. The van der Waals surface area contributed by atoms with Crippen molar-refractivity contribution in [2.45, 2.75) is 65.5 Å². The number of hydrogen-bond acceptors (Lipinski definition) is 3. The first-order valence-corrected chi connectivity index (χ1v) is 6.80. The molecule has 0 bridgehead atoms. The van der Waals surface area contributed by atoms with E-state index < -0.39 is 23.7 Å². The first kappa shape index (κ1) is 15.8. The van der Waals surface area contributed by atoms with Crippen LogP contribution in [0.25, 0.3) is 0 Å². The summed E-state index contributed by atoms with van der Waals surface area (Å²) in [5, 5.41) is 9.28. The third kappa shape index (κ3) is 4.11. The predicted octanol–water partition coefficient (Wildman–Crippen LogP) is 2.89. The predicted molar refractivity (Wildman–Crippen MR) is 72.0 cm³/mol. The number of ether oxygens (including phenoxy) is 1. The molecule has 5 heteroatoms. The van der Waals surface area contributed by atoms with Crippen LogP contribution >= 0.6 is 0 Å². The molecule has 0 aromatic carbocycles. The van der Waals surface area contributed by atoms with Gasteiger partial charge < -0.3 is 9.84 Å². The van der Waals surface area contributed by atoms with Crippen molar-refractivity contribution in [3.05, 3.63) is 0 Å². The maximum absolute atomic E-state index is 12.1. The molecule has 0 spiro atoms. The standard InChI is InChI=1S/C14H25NO4/c1-6-7-14(5)8-10(11(16)17)15(9-14)12(18)19-13(2,3)4/h10H,6-9H2,1-5H3,(H,16,17)/t10-,14?/m0/s1. The van der Waals surface area contributed by atoms with E-state index in [1.54, 1.807) is 20.8 Å². The Labute approximate surface area is 114 Å². The van der Waals surface area contributed by atoms with Crippen LogP contribution in [-0.2, 0) is 9.53 Å². The lowest BCUT2D eigenvalue weighted by Crippen LogP contribution is -2.43. The number of carboxylic acids is 1. The molecule has 2 atom stereocenters. The zero-order chi connectivity index (χ0) is 14.8. The van der Waals surface area contributed by atoms with Crippen molar-refractivity contribution in [1.82, 2.24) is 4.90 Å². The Hall–Kier alpha value is -1.26. The molecular weight excluding hydrogens is 246 g/mol. The Morgan fingerprint density at radius 3 is 2.42 bits per heavy atom. The molecule has 1 fully saturated rings. The van der Waals surface area contributed by atoms with E-state index in [1.165, 1.54) is 4.90 Å². The highest BCUT2D eigenvalue weighted by atomic mass is 16.6. The molecule has 0 saturated carbocycles. The van der Waals surface area contributed by atoms with E-state index in [1.807, 2.05) is 6.92 Å². The minimum atomic E-state index is -0.953. The van der Waals surface area contributed by atoms with E-state index >= 15 is 0 Å². The third-order valence-electron chi connectivity index (χ3n) is 3.38. The van der Waals surface area contributed by atoms with Gasteiger partial charge in [0, 0.05) is 6.54 Å². The summed E-state index contributed by atoms with van der Waals surface area (Å²) < 4.78 is 5.30. The molecule has 0 aliphatic carbocycles. The van der Waals surface area contributed by atoms with Crippen LogP contribution in [0.5, 0.6) is 0 Å². The molecule has 1 heterocycles. The first-order valence-electron chi connectivity index (χ1n) is 6.80. The molecule has 1 amide bonds. The van der Waals surface area contributed by atoms with Gasteiger partial charge in [-0.2, -0.15) is 0 Å². The summed E-state index contributed by atoms with van der Waals surface area (Å²) in [6, 6.07) is -0.772. The number of carboxylic acid groups (broad SMARTS) is 1. The maximum Gasteiger partial charge on any atom is 0.411 e. The van der Waals surface area contributed by atoms with E-state index in [2.05, 4.69) is 6.92 Å². The molecular formula is C14H25NO4. The fourth-order valence-corrected chi connectivity index (χ4v) is 2.68. The summed E-state index contributed by atoms with van der Waals surface area (Å²) in [4.78, 5) is 24.8. The monoisotopic (exact) mass is 271 g/mol. The molecule has 0 radical (unpaired) electrons. The van der Waals surface area contributed by atoms with Gasteiger partial charge in [-0.1, -0.05) is 20.3 Å². The maximum atomic E-state index is 12.1. The summed E-state index contributed by atoms with van der Waals surface area (Å²) in [6.07, 6.45) is 1.86. The van der Waals surface area contributed by atoms with Crippen LogP contribution in [-0.4, -0.2) is 40.3 Å². The van der Waals surface area contributed by atoms with E-state index in [9.17, 15) is 14.7 Å². The van der Waals surface area contributed by atoms with E-state index in [0.29, 0.717) is 13.0 Å². The van der Waals surface area contributed by atoms with Crippen molar-refractivity contribution in [3.63, 3.8) is 0 Å². The Morgan fingerprint density at radius 2 is 2.00 bits per heavy atom. The fourth-order valence-electron chi connectivity index (χ4n) is 2.68. The van der Waals surface area contributed by atoms with Crippen molar-refractivity contribution in [1.29, 1.82) is 0 Å². The molecule has 1 unspecified atom stereocenters. The van der Waals surface area contributed by atoms with Crippen molar-refractivity contribution >= 4 is 12.1 Å². The second kappa shape index (κ2) is 5.39. The molecule has 0 aromatic heterocycles. The smallest absolute Gasteiger partial charge is 0.411 e. The average Bonchev–Trinajstić information content (AvgIpc) is 2.54. The zero-order valence-electron chi connectivity index (χ0n) is 12.5. The van der Waals surface area contributed by atoms with Gasteiger partial charge in [-0.25, -0.2) is 9.59 Å². The van der Waals surface area contributed by atoms with Crippen LogP contribution in [0.15, 0.2) is 0 Å². The van der Waals surface area contributed by atoms with E-state index in [-0.39, 0.29) is 5.41 Å². The fraction of sp³-hybridized carbons (Fsp3) is 0.857. The molecule has 1 N–H and O–H groups in total. The number of carbonyl (C=O) groups excluding carboxylic acids is 1. The minimum Gasteiger partial charge on any atom is -0.480 e. The van der Waals surface area contributed by atoms with Crippen LogP contribution in [0.3, 0.4) is 0 Å². The molecule has 110 valence electrons. The second-order valence-electron chi connectivity index (χ2n) is 6.73. The van der Waals surface area contributed by atoms with Gasteiger partial charge >= 0.3 is 12.1 Å². The van der Waals surface area contributed by atoms with Gasteiger partial charge in [0.05, 0.1) is 0 Å². The van der Waals surface area contributed by atoms with Crippen LogP contribution in [0.1, 0.15) is 53.9 Å². The van der Waals surface area contributed by atoms with Gasteiger partial charge in [-0.15, -0.1) is 0 Å². The lowest BCUT2D eigenvalue weighted by molar-refractivity contribution is -0.142. The van der Waals surface area contributed by atoms with Gasteiger partial charge in [0.2, 0.25) is 0 Å². The lowest BCUT2D eigenvalue weighted by Gasteiger charge is -2.27. The van der Waals surface area contributed by atoms with E-state index in [0.717, 1.165) is 12.8 Å². The van der Waals surface area contributed by atoms with Crippen LogP contribution in [0.2, 0.25) is 0 Å². The zero-order valence-corrected chi connectivity index (χ0v) is 12.5. The Bertz CT molecular complexity index is 361. The van der Waals surface area contributed by atoms with Gasteiger partial charge in [-0.3, -0.25) is 4.90 Å². The minimum absolute atomic E-state index is 0.130. The molecule has 1 saturated heterocycles. The second-order valence-corrected chi connectivity index (χ2v) is 6.73. The Kier molecular flexibility index (Phi) is 4.48. The summed E-state index contributed by atoms with van der Waals surface area (Å²) in [6.45, 7) is 9.90. The van der Waals surface area contributed by atoms with Crippen LogP contribution in [0, 0.1) is 5.41 Å². The Morgan fingerprint density at radius 1 is 1.42 bits per heavy atom. The van der Waals surface area contributed by atoms with Crippen molar-refractivity contribution in [2.24, 2.45) is 5.41 Å². The number of rotatable bonds is 3. The Balaban J connectivity index is 2.85. The number of nitrogens with zero attached hydrogens (tertiary/aromatic N) is 1. The van der Waals surface area contributed by atoms with E-state index in [4.69, 9.17) is 4.74 Å². The van der Waals surface area contributed by atoms with Crippen LogP contribution in [0.4, 0.5) is 4.79 Å². The average molecular weight is 271 g/mol. The number of aliphatic carboxylic acids is 1. The number of hydrogen-bond donors (Lipinski definition) is 1. The normalized spacial score (nSPS) is 27.4. The number of amides is 1. The molecule has 19 heavy (non-hydrogen) atoms. The number of carbonyl (C=O) groups is 2. The topological polar surface area (TPSA) is 66.8 Å². The van der Waals surface area contributed by atoms with Crippen LogP contribution < -0.4 is 0 Å². The molecule has 0 aromatic rings. The number of likely N-dealkylation sites (tertiary alicyclic amines) is 1. The molecule has 1 aliphatic heterocycles. The summed E-state index contributed by atoms with van der Waals surface area (Å²) in [5.41, 5.74) is -0.738. The van der Waals surface area contributed by atoms with Crippen molar-refractivity contribution < 1.29 is 19.4 Å². The summed E-state index contributed by atoms with van der Waals surface area (Å²) >= 11 is 0. The van der Waals surface area contributed by atoms with Gasteiger partial charge in [0.1, 0.15) is 11.6 Å². The highest BCUT2D eigenvalue weighted by molar-refractivity contribution is 5.81. The summed E-state index contributed by atoms with van der Waals surface area (Å²) in [7, 11) is 0. The third-order valence-corrected chi connectivity index (χ3v) is 3.38. The largest absolute Gasteiger partial charge is 0.480 e. The summed E-state index contributed by atoms with van der Waals surface area (Å²) in [5.74, 6) is -0.953. The highest BCUT2D eigenvalue weighted by Crippen LogP contribution is 2.39. The van der Waals surface area contributed by atoms with Crippen molar-refractivity contribution in [2.75, 3.05) is 6.54 Å². The molecule has 1 aliphatic rings. The first-order chi connectivity index (χ1) is 8.58. The molecule has 1 rings (SSSR count). The van der Waals surface area contributed by atoms with Crippen molar-refractivity contribution in [3.8, 4) is 0 Å². The molecule has 5 nitrogen and oxygen atoms in total. The highest BCUT2D eigenvalue weighted by Gasteiger charge is 2.46.